The van der Waals surface area contributed by atoms with Gasteiger partial charge in [0.25, 0.3) is 0 Å². The Morgan fingerprint density at radius 2 is 1.86 bits per heavy atom. The van der Waals surface area contributed by atoms with Crippen molar-refractivity contribution in [2.75, 3.05) is 6.61 Å². The summed E-state index contributed by atoms with van der Waals surface area (Å²) in [5.74, 6) is -1.46. The van der Waals surface area contributed by atoms with Gasteiger partial charge in [-0.1, -0.05) is 24.3 Å². The van der Waals surface area contributed by atoms with Crippen molar-refractivity contribution in [3.63, 3.8) is 0 Å². The number of hydrogen-bond donors (Lipinski definition) is 2. The number of halogens is 3. The number of carbonyl (C=O) groups is 2. The Balaban J connectivity index is 2.40. The third-order valence-corrected chi connectivity index (χ3v) is 2.58. The number of nitrogens with one attached hydrogen (secondary N) is 1. The van der Waals surface area contributed by atoms with Gasteiger partial charge in [0.2, 0.25) is 5.91 Å². The van der Waals surface area contributed by atoms with Gasteiger partial charge >= 0.3 is 12.1 Å². The van der Waals surface area contributed by atoms with Crippen LogP contribution < -0.4 is 5.32 Å². The van der Waals surface area contributed by atoms with Crippen LogP contribution in [0.15, 0.2) is 24.3 Å². The molecule has 1 amide bonds. The molecule has 0 heterocycles. The van der Waals surface area contributed by atoms with Crippen LogP contribution in [0, 0.1) is 0 Å². The lowest BCUT2D eigenvalue weighted by Gasteiger charge is -2.09. The second kappa shape index (κ2) is 8.38. The van der Waals surface area contributed by atoms with Crippen LogP contribution in [-0.4, -0.2) is 29.8 Å². The van der Waals surface area contributed by atoms with Crippen molar-refractivity contribution in [2.45, 2.75) is 32.2 Å². The molecule has 0 spiro atoms. The summed E-state index contributed by atoms with van der Waals surface area (Å²) in [6.45, 7) is -1.32. The number of aliphatic carboxylic acids is 1. The van der Waals surface area contributed by atoms with Crippen molar-refractivity contribution >= 4 is 11.9 Å². The molecule has 0 saturated heterocycles. The van der Waals surface area contributed by atoms with E-state index in [-0.39, 0.29) is 26.0 Å². The van der Waals surface area contributed by atoms with E-state index in [4.69, 9.17) is 5.11 Å². The van der Waals surface area contributed by atoms with Crippen molar-refractivity contribution in [1.82, 2.24) is 5.32 Å². The summed E-state index contributed by atoms with van der Waals surface area (Å²) in [6.07, 6.45) is -4.74. The fourth-order valence-corrected chi connectivity index (χ4v) is 1.62. The molecule has 1 aromatic rings. The molecule has 0 saturated carbocycles. The summed E-state index contributed by atoms with van der Waals surface area (Å²) < 4.78 is 40.4. The Morgan fingerprint density at radius 1 is 1.18 bits per heavy atom. The van der Waals surface area contributed by atoms with E-state index in [1.54, 1.807) is 24.3 Å². The maximum absolute atomic E-state index is 12.0. The molecule has 0 bridgehead atoms. The SMILES string of the molecule is O=C(O)CCC(=O)NCc1cccc(COCC(F)(F)F)c1. The van der Waals surface area contributed by atoms with E-state index in [0.717, 1.165) is 0 Å². The maximum Gasteiger partial charge on any atom is 0.411 e. The van der Waals surface area contributed by atoms with E-state index in [1.807, 2.05) is 0 Å². The largest absolute Gasteiger partial charge is 0.481 e. The molecular formula is C14H16F3NO4. The smallest absolute Gasteiger partial charge is 0.411 e. The summed E-state index contributed by atoms with van der Waals surface area (Å²) in [5, 5.41) is 11.0. The second-order valence-corrected chi connectivity index (χ2v) is 4.60. The molecule has 0 unspecified atom stereocenters. The van der Waals surface area contributed by atoms with E-state index in [0.29, 0.717) is 11.1 Å². The van der Waals surface area contributed by atoms with Crippen LogP contribution in [0.4, 0.5) is 13.2 Å². The van der Waals surface area contributed by atoms with Gasteiger partial charge in [0.1, 0.15) is 6.61 Å². The van der Waals surface area contributed by atoms with E-state index in [9.17, 15) is 22.8 Å². The number of carboxylic acids is 1. The van der Waals surface area contributed by atoms with Crippen molar-refractivity contribution in [2.24, 2.45) is 0 Å². The average molecular weight is 319 g/mol. The normalized spacial score (nSPS) is 11.2. The number of carboxylic acid groups (broad SMARTS) is 1. The lowest BCUT2D eigenvalue weighted by atomic mass is 10.1. The predicted molar refractivity (Wildman–Crippen MR) is 70.9 cm³/mol. The van der Waals surface area contributed by atoms with Crippen LogP contribution in [0.2, 0.25) is 0 Å². The predicted octanol–water partition coefficient (Wildman–Crippen LogP) is 2.25. The summed E-state index contributed by atoms with van der Waals surface area (Å²) in [5.41, 5.74) is 1.25. The van der Waals surface area contributed by atoms with Crippen LogP contribution in [0.3, 0.4) is 0 Å². The van der Waals surface area contributed by atoms with Gasteiger partial charge in [-0.15, -0.1) is 0 Å². The van der Waals surface area contributed by atoms with Gasteiger partial charge in [-0.3, -0.25) is 9.59 Å². The highest BCUT2D eigenvalue weighted by Crippen LogP contribution is 2.16. The van der Waals surface area contributed by atoms with Crippen LogP contribution in [0.5, 0.6) is 0 Å². The Morgan fingerprint density at radius 3 is 2.50 bits per heavy atom. The Labute approximate surface area is 125 Å². The molecule has 0 aliphatic rings. The minimum absolute atomic E-state index is 0.121. The van der Waals surface area contributed by atoms with Gasteiger partial charge in [0, 0.05) is 13.0 Å². The van der Waals surface area contributed by atoms with Gasteiger partial charge in [-0.2, -0.15) is 13.2 Å². The van der Waals surface area contributed by atoms with E-state index < -0.39 is 24.7 Å². The number of benzene rings is 1. The topological polar surface area (TPSA) is 75.6 Å². The summed E-state index contributed by atoms with van der Waals surface area (Å²) in [7, 11) is 0. The van der Waals surface area contributed by atoms with Gasteiger partial charge in [-0.05, 0) is 11.1 Å². The summed E-state index contributed by atoms with van der Waals surface area (Å²) >= 11 is 0. The number of rotatable bonds is 8. The number of amides is 1. The fraction of sp³-hybridized carbons (Fsp3) is 0.429. The first-order chi connectivity index (χ1) is 10.3. The molecule has 0 atom stereocenters. The highest BCUT2D eigenvalue weighted by atomic mass is 19.4. The lowest BCUT2D eigenvalue weighted by molar-refractivity contribution is -0.176. The van der Waals surface area contributed by atoms with Crippen LogP contribution >= 0.6 is 0 Å². The molecule has 2 N–H and O–H groups in total. The summed E-state index contributed by atoms with van der Waals surface area (Å²) in [6, 6.07) is 6.58. The van der Waals surface area contributed by atoms with Crippen LogP contribution in [-0.2, 0) is 27.5 Å². The van der Waals surface area contributed by atoms with E-state index >= 15 is 0 Å². The molecule has 5 nitrogen and oxygen atoms in total. The summed E-state index contributed by atoms with van der Waals surface area (Å²) in [4.78, 5) is 21.7. The van der Waals surface area contributed by atoms with E-state index in [1.165, 1.54) is 0 Å². The first-order valence-electron chi connectivity index (χ1n) is 6.47. The first-order valence-corrected chi connectivity index (χ1v) is 6.47. The third kappa shape index (κ3) is 8.25. The van der Waals surface area contributed by atoms with Gasteiger partial charge < -0.3 is 15.2 Å². The zero-order valence-corrected chi connectivity index (χ0v) is 11.7. The third-order valence-electron chi connectivity index (χ3n) is 2.58. The minimum Gasteiger partial charge on any atom is -0.481 e. The second-order valence-electron chi connectivity index (χ2n) is 4.60. The van der Waals surface area contributed by atoms with Crippen molar-refractivity contribution < 1.29 is 32.6 Å². The number of ether oxygens (including phenoxy) is 1. The molecule has 1 rings (SSSR count). The molecule has 0 aliphatic carbocycles. The standard InChI is InChI=1S/C14H16F3NO4/c15-14(16,17)9-22-8-11-3-1-2-10(6-11)7-18-12(19)4-5-13(20)21/h1-3,6H,4-5,7-9H2,(H,18,19)(H,20,21). The molecule has 0 radical (unpaired) electrons. The zero-order chi connectivity index (χ0) is 16.6. The number of alkyl halides is 3. The highest BCUT2D eigenvalue weighted by Gasteiger charge is 2.27. The zero-order valence-electron chi connectivity index (χ0n) is 11.7. The number of carbonyl (C=O) groups excluding carboxylic acids is 1. The molecule has 0 aromatic heterocycles. The van der Waals surface area contributed by atoms with E-state index in [2.05, 4.69) is 10.1 Å². The highest BCUT2D eigenvalue weighted by molar-refractivity contribution is 5.80. The molecule has 0 aliphatic heterocycles. The Bertz CT molecular complexity index is 517. The van der Waals surface area contributed by atoms with Gasteiger partial charge in [0.05, 0.1) is 13.0 Å². The van der Waals surface area contributed by atoms with Crippen LogP contribution in [0.1, 0.15) is 24.0 Å². The van der Waals surface area contributed by atoms with Gasteiger partial charge in [-0.25, -0.2) is 0 Å². The Hall–Kier alpha value is -2.09. The monoisotopic (exact) mass is 319 g/mol. The molecule has 1 aromatic carbocycles. The molecule has 22 heavy (non-hydrogen) atoms. The molecule has 0 fully saturated rings. The number of hydrogen-bond acceptors (Lipinski definition) is 3. The average Bonchev–Trinajstić information content (AvgIpc) is 2.42. The molecule has 122 valence electrons. The molecule has 8 heteroatoms. The molecular weight excluding hydrogens is 303 g/mol. The van der Waals surface area contributed by atoms with Crippen molar-refractivity contribution in [3.8, 4) is 0 Å². The van der Waals surface area contributed by atoms with Crippen molar-refractivity contribution in [3.05, 3.63) is 35.4 Å². The van der Waals surface area contributed by atoms with Gasteiger partial charge in [0.15, 0.2) is 0 Å². The maximum atomic E-state index is 12.0. The van der Waals surface area contributed by atoms with Crippen molar-refractivity contribution in [1.29, 1.82) is 0 Å². The Kier molecular flexibility index (Phi) is 6.84. The van der Waals surface area contributed by atoms with Crippen LogP contribution in [0.25, 0.3) is 0 Å². The lowest BCUT2D eigenvalue weighted by Crippen LogP contribution is -2.23. The minimum atomic E-state index is -4.37. The fourth-order valence-electron chi connectivity index (χ4n) is 1.62. The first kappa shape index (κ1) is 18.0. The quantitative estimate of drug-likeness (QED) is 0.770.